The van der Waals surface area contributed by atoms with Crippen molar-refractivity contribution in [2.45, 2.75) is 38.6 Å². The average molecular weight is 332 g/mol. The van der Waals surface area contributed by atoms with Crippen molar-refractivity contribution in [3.05, 3.63) is 23.9 Å². The summed E-state index contributed by atoms with van der Waals surface area (Å²) in [6.07, 6.45) is 6.98. The summed E-state index contributed by atoms with van der Waals surface area (Å²) in [5.74, 6) is 1.06. The molecule has 0 radical (unpaired) electrons. The SMILES string of the molecule is NCC1(C(=O)NCc2ccnc(N3CCCCC3)c2)CCOCC1. The molecule has 6 nitrogen and oxygen atoms in total. The minimum atomic E-state index is -0.471. The van der Waals surface area contributed by atoms with Crippen molar-refractivity contribution in [1.29, 1.82) is 0 Å². The van der Waals surface area contributed by atoms with Gasteiger partial charge in [-0.2, -0.15) is 0 Å². The Balaban J connectivity index is 1.60. The van der Waals surface area contributed by atoms with Crippen molar-refractivity contribution in [3.8, 4) is 0 Å². The number of hydrogen-bond donors (Lipinski definition) is 2. The summed E-state index contributed by atoms with van der Waals surface area (Å²) in [6, 6.07) is 4.05. The number of pyridine rings is 1. The molecule has 0 bridgehead atoms. The number of aromatic nitrogens is 1. The molecule has 0 spiro atoms. The molecule has 2 aliphatic rings. The third kappa shape index (κ3) is 3.87. The number of nitrogens with one attached hydrogen (secondary N) is 1. The maximum Gasteiger partial charge on any atom is 0.227 e. The van der Waals surface area contributed by atoms with Crippen LogP contribution in [0.1, 0.15) is 37.7 Å². The van der Waals surface area contributed by atoms with E-state index in [-0.39, 0.29) is 5.91 Å². The van der Waals surface area contributed by atoms with E-state index in [0.717, 1.165) is 24.5 Å². The van der Waals surface area contributed by atoms with Gasteiger partial charge in [0.05, 0.1) is 5.41 Å². The van der Waals surface area contributed by atoms with Crippen LogP contribution in [-0.2, 0) is 16.1 Å². The smallest absolute Gasteiger partial charge is 0.227 e. The van der Waals surface area contributed by atoms with Crippen LogP contribution >= 0.6 is 0 Å². The lowest BCUT2D eigenvalue weighted by Crippen LogP contribution is -2.49. The van der Waals surface area contributed by atoms with E-state index in [2.05, 4.69) is 21.3 Å². The average Bonchev–Trinajstić information content (AvgIpc) is 2.67. The fraction of sp³-hybridized carbons (Fsp3) is 0.667. The Morgan fingerprint density at radius 1 is 1.29 bits per heavy atom. The minimum Gasteiger partial charge on any atom is -0.381 e. The number of anilines is 1. The predicted molar refractivity (Wildman–Crippen MR) is 93.7 cm³/mol. The van der Waals surface area contributed by atoms with E-state index in [1.54, 1.807) is 0 Å². The highest BCUT2D eigenvalue weighted by atomic mass is 16.5. The molecule has 0 saturated carbocycles. The van der Waals surface area contributed by atoms with E-state index in [0.29, 0.717) is 39.1 Å². The molecule has 24 heavy (non-hydrogen) atoms. The molecule has 1 aromatic heterocycles. The Bertz CT molecular complexity index is 552. The molecule has 1 amide bonds. The Labute approximate surface area is 143 Å². The lowest BCUT2D eigenvalue weighted by molar-refractivity contribution is -0.136. The monoisotopic (exact) mass is 332 g/mol. The van der Waals surface area contributed by atoms with Crippen LogP contribution in [0.5, 0.6) is 0 Å². The van der Waals surface area contributed by atoms with E-state index in [1.807, 2.05) is 12.3 Å². The van der Waals surface area contributed by atoms with Crippen molar-refractivity contribution >= 4 is 11.7 Å². The fourth-order valence-corrected chi connectivity index (χ4v) is 3.52. The largest absolute Gasteiger partial charge is 0.381 e. The summed E-state index contributed by atoms with van der Waals surface area (Å²) in [5, 5.41) is 3.07. The molecule has 0 aliphatic carbocycles. The standard InChI is InChI=1S/C18H28N4O2/c19-14-18(5-10-24-11-6-18)17(23)21-13-15-4-7-20-16(12-15)22-8-2-1-3-9-22/h4,7,12H,1-3,5-6,8-11,13-14,19H2,(H,21,23). The number of piperidine rings is 1. The molecule has 3 rings (SSSR count). The third-order valence-corrected chi connectivity index (χ3v) is 5.27. The van der Waals surface area contributed by atoms with Gasteiger partial charge in [0.25, 0.3) is 0 Å². The number of rotatable bonds is 5. The molecule has 2 aliphatic heterocycles. The summed E-state index contributed by atoms with van der Waals surface area (Å²) in [6.45, 7) is 4.25. The van der Waals surface area contributed by atoms with Gasteiger partial charge in [0, 0.05) is 45.6 Å². The number of carbonyl (C=O) groups excluding carboxylic acids is 1. The number of ether oxygens (including phenoxy) is 1. The Hall–Kier alpha value is -1.66. The van der Waals surface area contributed by atoms with Gasteiger partial charge >= 0.3 is 0 Å². The molecule has 2 fully saturated rings. The van der Waals surface area contributed by atoms with E-state index in [4.69, 9.17) is 10.5 Å². The molecular formula is C18H28N4O2. The third-order valence-electron chi connectivity index (χ3n) is 5.27. The summed E-state index contributed by atoms with van der Waals surface area (Å²) in [7, 11) is 0. The maximum atomic E-state index is 12.6. The number of nitrogens with zero attached hydrogens (tertiary/aromatic N) is 2. The second kappa shape index (κ2) is 7.94. The van der Waals surface area contributed by atoms with E-state index < -0.39 is 5.41 Å². The van der Waals surface area contributed by atoms with Crippen LogP contribution < -0.4 is 16.0 Å². The molecule has 3 heterocycles. The Kier molecular flexibility index (Phi) is 5.68. The molecule has 3 N–H and O–H groups in total. The van der Waals surface area contributed by atoms with Crippen LogP contribution in [0.25, 0.3) is 0 Å². The van der Waals surface area contributed by atoms with Gasteiger partial charge in [-0.25, -0.2) is 4.98 Å². The number of nitrogens with two attached hydrogens (primary N) is 1. The molecule has 132 valence electrons. The summed E-state index contributed by atoms with van der Waals surface area (Å²) in [4.78, 5) is 19.5. The zero-order chi connectivity index (χ0) is 16.8. The lowest BCUT2D eigenvalue weighted by Gasteiger charge is -2.34. The van der Waals surface area contributed by atoms with Crippen LogP contribution in [0.2, 0.25) is 0 Å². The molecule has 2 saturated heterocycles. The van der Waals surface area contributed by atoms with E-state index >= 15 is 0 Å². The quantitative estimate of drug-likeness (QED) is 0.853. The van der Waals surface area contributed by atoms with Gasteiger partial charge < -0.3 is 20.7 Å². The molecule has 0 atom stereocenters. The lowest BCUT2D eigenvalue weighted by atomic mass is 9.79. The first-order valence-corrected chi connectivity index (χ1v) is 8.99. The van der Waals surface area contributed by atoms with E-state index in [1.165, 1.54) is 19.3 Å². The van der Waals surface area contributed by atoms with Gasteiger partial charge in [0.1, 0.15) is 5.82 Å². The highest BCUT2D eigenvalue weighted by Gasteiger charge is 2.38. The van der Waals surface area contributed by atoms with Crippen molar-refractivity contribution in [1.82, 2.24) is 10.3 Å². The van der Waals surface area contributed by atoms with Crippen molar-refractivity contribution in [3.63, 3.8) is 0 Å². The topological polar surface area (TPSA) is 80.5 Å². The second-order valence-corrected chi connectivity index (χ2v) is 6.85. The summed E-state index contributed by atoms with van der Waals surface area (Å²) >= 11 is 0. The zero-order valence-electron chi connectivity index (χ0n) is 14.3. The van der Waals surface area contributed by atoms with Gasteiger partial charge in [-0.3, -0.25) is 4.79 Å². The molecule has 6 heteroatoms. The Morgan fingerprint density at radius 3 is 2.75 bits per heavy atom. The fourth-order valence-electron chi connectivity index (χ4n) is 3.52. The van der Waals surface area contributed by atoms with Gasteiger partial charge in [0.2, 0.25) is 5.91 Å². The molecular weight excluding hydrogens is 304 g/mol. The van der Waals surface area contributed by atoms with Crippen molar-refractivity contribution in [2.24, 2.45) is 11.1 Å². The molecule has 1 aromatic rings. The zero-order valence-corrected chi connectivity index (χ0v) is 14.3. The minimum absolute atomic E-state index is 0.0460. The summed E-state index contributed by atoms with van der Waals surface area (Å²) in [5.41, 5.74) is 6.51. The van der Waals surface area contributed by atoms with Crippen molar-refractivity contribution in [2.75, 3.05) is 37.7 Å². The maximum absolute atomic E-state index is 12.6. The predicted octanol–water partition coefficient (Wildman–Crippen LogP) is 1.44. The first-order chi connectivity index (χ1) is 11.7. The van der Waals surface area contributed by atoms with Gasteiger partial charge in [-0.05, 0) is 49.8 Å². The second-order valence-electron chi connectivity index (χ2n) is 6.85. The highest BCUT2D eigenvalue weighted by molar-refractivity contribution is 5.83. The first-order valence-electron chi connectivity index (χ1n) is 8.99. The van der Waals surface area contributed by atoms with Gasteiger partial charge in [-0.15, -0.1) is 0 Å². The van der Waals surface area contributed by atoms with Crippen LogP contribution in [-0.4, -0.2) is 43.7 Å². The molecule has 0 aromatic carbocycles. The number of carbonyl (C=O) groups is 1. The van der Waals surface area contributed by atoms with Gasteiger partial charge in [-0.1, -0.05) is 0 Å². The van der Waals surface area contributed by atoms with Crippen molar-refractivity contribution < 1.29 is 9.53 Å². The highest BCUT2D eigenvalue weighted by Crippen LogP contribution is 2.29. The van der Waals surface area contributed by atoms with Crippen LogP contribution in [0.4, 0.5) is 5.82 Å². The normalized spacial score (nSPS) is 20.6. The van der Waals surface area contributed by atoms with Crippen LogP contribution in [0.15, 0.2) is 18.3 Å². The first kappa shape index (κ1) is 17.2. The van der Waals surface area contributed by atoms with Crippen LogP contribution in [0, 0.1) is 5.41 Å². The van der Waals surface area contributed by atoms with Gasteiger partial charge in [0.15, 0.2) is 0 Å². The van der Waals surface area contributed by atoms with Crippen LogP contribution in [0.3, 0.4) is 0 Å². The molecule has 0 unspecified atom stereocenters. The number of hydrogen-bond acceptors (Lipinski definition) is 5. The summed E-state index contributed by atoms with van der Waals surface area (Å²) < 4.78 is 5.37. The Morgan fingerprint density at radius 2 is 2.04 bits per heavy atom. The number of amides is 1. The van der Waals surface area contributed by atoms with E-state index in [9.17, 15) is 4.79 Å².